The van der Waals surface area contributed by atoms with Gasteiger partial charge in [-0.15, -0.1) is 18.3 Å². The molecule has 6 atom stereocenters. The molecule has 1 unspecified atom stereocenters. The lowest BCUT2D eigenvalue weighted by atomic mass is 9.90. The molecule has 38 heavy (non-hydrogen) atoms. The Morgan fingerprint density at radius 3 is 2.37 bits per heavy atom. The molecule has 0 amide bonds. The Bertz CT molecular complexity index is 1110. The number of nitrogens with zero attached hydrogens (tertiary/aromatic N) is 4. The predicted octanol–water partition coefficient (Wildman–Crippen LogP) is 4.14. The van der Waals surface area contributed by atoms with Crippen molar-refractivity contribution >= 4 is 11.8 Å². The number of alkyl halides is 3. The zero-order chi connectivity index (χ0) is 27.3. The number of benzene rings is 1. The van der Waals surface area contributed by atoms with E-state index in [-0.39, 0.29) is 30.0 Å². The Morgan fingerprint density at radius 2 is 1.76 bits per heavy atom. The topological polar surface area (TPSA) is 98.5 Å². The van der Waals surface area contributed by atoms with Crippen LogP contribution in [-0.4, -0.2) is 79.4 Å². The maximum Gasteiger partial charge on any atom is 0.573 e. The third-order valence-corrected chi connectivity index (χ3v) is 6.55. The summed E-state index contributed by atoms with van der Waals surface area (Å²) in [7, 11) is 4.75. The minimum Gasteiger partial charge on any atom is -0.406 e. The van der Waals surface area contributed by atoms with E-state index in [1.165, 1.54) is 35.3 Å². The first-order valence-corrected chi connectivity index (χ1v) is 12.1. The van der Waals surface area contributed by atoms with Gasteiger partial charge in [-0.2, -0.15) is 0 Å². The summed E-state index contributed by atoms with van der Waals surface area (Å²) >= 11 is 0. The molecule has 1 aliphatic carbocycles. The van der Waals surface area contributed by atoms with Crippen LogP contribution in [0.3, 0.4) is 0 Å². The van der Waals surface area contributed by atoms with Gasteiger partial charge in [-0.1, -0.05) is 11.2 Å². The zero-order valence-corrected chi connectivity index (χ0v) is 21.5. The second-order valence-electron chi connectivity index (χ2n) is 8.99. The lowest BCUT2D eigenvalue weighted by molar-refractivity contribution is -0.305. The maximum absolute atomic E-state index is 12.4. The third kappa shape index (κ3) is 6.70. The molecular formula is C25H31F3N4O6. The van der Waals surface area contributed by atoms with E-state index in [4.69, 9.17) is 23.8 Å². The Kier molecular flexibility index (Phi) is 9.03. The van der Waals surface area contributed by atoms with Crippen molar-refractivity contribution in [3.63, 3.8) is 0 Å². The molecule has 0 saturated carbocycles. The standard InChI is InChI=1S/C25H31F3N4O6/c1-15-20(33-2)21(34-3)22(35-4)24(36-15)38-30-13-16-5-7-17(8-6-16)23-29-14-32(31-23)18-9-11-19(12-10-18)37-25(26,27)28/h7,9-16,20-22,24H,5-6,8H2,1-4H3/t15-,16?,20-,21+,22+,24-/m0/s1. The monoisotopic (exact) mass is 540 g/mol. The minimum absolute atomic E-state index is 0.161. The highest BCUT2D eigenvalue weighted by Crippen LogP contribution is 2.30. The summed E-state index contributed by atoms with van der Waals surface area (Å²) < 4.78 is 65.0. The van der Waals surface area contributed by atoms with Crippen molar-refractivity contribution in [1.82, 2.24) is 14.8 Å². The summed E-state index contributed by atoms with van der Waals surface area (Å²) in [6.07, 6.45) is 0.702. The molecule has 13 heteroatoms. The number of hydrogen-bond donors (Lipinski definition) is 0. The molecule has 2 heterocycles. The maximum atomic E-state index is 12.4. The highest BCUT2D eigenvalue weighted by Gasteiger charge is 2.47. The molecule has 1 aromatic carbocycles. The molecule has 10 nitrogen and oxygen atoms in total. The van der Waals surface area contributed by atoms with E-state index in [0.717, 1.165) is 24.8 Å². The van der Waals surface area contributed by atoms with Crippen LogP contribution in [0, 0.1) is 5.92 Å². The Balaban J connectivity index is 1.32. The Labute approximate surface area is 218 Å². The second kappa shape index (κ2) is 12.2. The summed E-state index contributed by atoms with van der Waals surface area (Å²) in [6.45, 7) is 1.88. The van der Waals surface area contributed by atoms with Crippen LogP contribution >= 0.6 is 0 Å². The van der Waals surface area contributed by atoms with Gasteiger partial charge >= 0.3 is 6.36 Å². The van der Waals surface area contributed by atoms with Gasteiger partial charge in [0, 0.05) is 33.5 Å². The fraction of sp³-hybridized carbons (Fsp3) is 0.560. The average Bonchev–Trinajstić information content (AvgIpc) is 3.38. The summed E-state index contributed by atoms with van der Waals surface area (Å²) in [5.74, 6) is 0.431. The van der Waals surface area contributed by atoms with Crippen LogP contribution in [0.1, 0.15) is 32.0 Å². The first-order chi connectivity index (χ1) is 18.2. The van der Waals surface area contributed by atoms with E-state index in [1.807, 2.05) is 6.92 Å². The van der Waals surface area contributed by atoms with Gasteiger partial charge in [-0.05, 0) is 56.0 Å². The van der Waals surface area contributed by atoms with Crippen LogP contribution in [0.15, 0.2) is 41.8 Å². The predicted molar refractivity (Wildman–Crippen MR) is 130 cm³/mol. The van der Waals surface area contributed by atoms with Gasteiger partial charge in [0.05, 0.1) is 11.8 Å². The van der Waals surface area contributed by atoms with Gasteiger partial charge in [-0.3, -0.25) is 0 Å². The molecule has 1 saturated heterocycles. The van der Waals surface area contributed by atoms with Crippen LogP contribution in [0.25, 0.3) is 11.3 Å². The highest BCUT2D eigenvalue weighted by atomic mass is 19.4. The fourth-order valence-corrected chi connectivity index (χ4v) is 4.61. The summed E-state index contributed by atoms with van der Waals surface area (Å²) in [6, 6.07) is 5.43. The average molecular weight is 541 g/mol. The number of hydrogen-bond acceptors (Lipinski definition) is 9. The van der Waals surface area contributed by atoms with E-state index >= 15 is 0 Å². The largest absolute Gasteiger partial charge is 0.573 e. The van der Waals surface area contributed by atoms with Crippen molar-refractivity contribution in [2.45, 2.75) is 63.3 Å². The quantitative estimate of drug-likeness (QED) is 0.346. The molecule has 1 aromatic heterocycles. The van der Waals surface area contributed by atoms with Crippen molar-refractivity contribution < 1.29 is 41.7 Å². The van der Waals surface area contributed by atoms with Crippen molar-refractivity contribution in [2.24, 2.45) is 11.1 Å². The van der Waals surface area contributed by atoms with Crippen LogP contribution in [0.2, 0.25) is 0 Å². The molecule has 0 bridgehead atoms. The van der Waals surface area contributed by atoms with Crippen molar-refractivity contribution in [3.05, 3.63) is 42.5 Å². The SMILES string of the molecule is CO[C@@H]1[C@@H](OC)[C@H](C)O[C@@H](ON=CC2CC=C(c3ncn(-c4ccc(OC(F)(F)F)cc4)n3)CC2)[C@@H]1OC. The van der Waals surface area contributed by atoms with Gasteiger partial charge in [0.15, 0.2) is 11.9 Å². The number of methoxy groups -OCH3 is 3. The van der Waals surface area contributed by atoms with Crippen LogP contribution < -0.4 is 4.74 Å². The van der Waals surface area contributed by atoms with Gasteiger partial charge in [0.2, 0.25) is 0 Å². The lowest BCUT2D eigenvalue weighted by Crippen LogP contribution is -2.59. The smallest absolute Gasteiger partial charge is 0.406 e. The molecule has 0 radical (unpaired) electrons. The molecule has 0 spiro atoms. The molecule has 2 aromatic rings. The number of allylic oxidation sites excluding steroid dienone is 2. The minimum atomic E-state index is -4.74. The highest BCUT2D eigenvalue weighted by molar-refractivity contribution is 5.66. The van der Waals surface area contributed by atoms with Crippen molar-refractivity contribution in [2.75, 3.05) is 21.3 Å². The van der Waals surface area contributed by atoms with Crippen LogP contribution in [0.4, 0.5) is 13.2 Å². The number of ether oxygens (including phenoxy) is 5. The first kappa shape index (κ1) is 28.0. The molecule has 2 aliphatic rings. The summed E-state index contributed by atoms with van der Waals surface area (Å²) in [5, 5.41) is 8.64. The van der Waals surface area contributed by atoms with Gasteiger partial charge in [0.1, 0.15) is 24.3 Å². The van der Waals surface area contributed by atoms with Crippen molar-refractivity contribution in [3.8, 4) is 11.4 Å². The van der Waals surface area contributed by atoms with E-state index < -0.39 is 18.8 Å². The molecule has 4 rings (SSSR count). The number of halogens is 3. The first-order valence-electron chi connectivity index (χ1n) is 12.1. The third-order valence-electron chi connectivity index (χ3n) is 6.55. The number of aromatic nitrogens is 3. The van der Waals surface area contributed by atoms with E-state index in [9.17, 15) is 13.2 Å². The second-order valence-corrected chi connectivity index (χ2v) is 8.99. The van der Waals surface area contributed by atoms with Crippen LogP contribution in [0.5, 0.6) is 5.75 Å². The normalized spacial score (nSPS) is 28.3. The Morgan fingerprint density at radius 1 is 1.05 bits per heavy atom. The molecular weight excluding hydrogens is 509 g/mol. The molecule has 208 valence electrons. The van der Waals surface area contributed by atoms with E-state index in [2.05, 4.69) is 26.1 Å². The number of rotatable bonds is 9. The van der Waals surface area contributed by atoms with Gasteiger partial charge in [-0.25, -0.2) is 9.67 Å². The molecule has 1 fully saturated rings. The fourth-order valence-electron chi connectivity index (χ4n) is 4.61. The van der Waals surface area contributed by atoms with E-state index in [0.29, 0.717) is 11.5 Å². The van der Waals surface area contributed by atoms with Gasteiger partial charge < -0.3 is 28.5 Å². The summed E-state index contributed by atoms with van der Waals surface area (Å²) in [4.78, 5) is 10.0. The Hall–Kier alpha value is -3.00. The summed E-state index contributed by atoms with van der Waals surface area (Å²) in [5.41, 5.74) is 1.56. The van der Waals surface area contributed by atoms with Gasteiger partial charge in [0.25, 0.3) is 6.29 Å². The van der Waals surface area contributed by atoms with Crippen molar-refractivity contribution in [1.29, 1.82) is 0 Å². The molecule has 0 N–H and O–H groups in total. The zero-order valence-electron chi connectivity index (χ0n) is 21.5. The van der Waals surface area contributed by atoms with Crippen LogP contribution in [-0.2, 0) is 23.8 Å². The number of oxime groups is 1. The molecule has 1 aliphatic heterocycles. The van der Waals surface area contributed by atoms with E-state index in [1.54, 1.807) is 27.5 Å². The lowest BCUT2D eigenvalue weighted by Gasteiger charge is -2.42.